The van der Waals surface area contributed by atoms with Gasteiger partial charge in [0.05, 0.1) is 6.10 Å². The highest BCUT2D eigenvalue weighted by atomic mass is 16.5. The summed E-state index contributed by atoms with van der Waals surface area (Å²) in [5.74, 6) is 0.945. The van der Waals surface area contributed by atoms with Gasteiger partial charge in [-0.3, -0.25) is 9.59 Å². The fourth-order valence-corrected chi connectivity index (χ4v) is 3.28. The fraction of sp³-hybridized carbons (Fsp3) is 0.556. The molecule has 2 aliphatic rings. The van der Waals surface area contributed by atoms with E-state index >= 15 is 0 Å². The van der Waals surface area contributed by atoms with Crippen molar-refractivity contribution in [3.63, 3.8) is 0 Å². The van der Waals surface area contributed by atoms with E-state index in [4.69, 9.17) is 4.74 Å². The molecule has 5 nitrogen and oxygen atoms in total. The van der Waals surface area contributed by atoms with Crippen LogP contribution in [0.25, 0.3) is 0 Å². The Morgan fingerprint density at radius 1 is 0.957 bits per heavy atom. The monoisotopic (exact) mass is 316 g/mol. The third-order valence-corrected chi connectivity index (χ3v) is 4.72. The Morgan fingerprint density at radius 2 is 1.52 bits per heavy atom. The first-order chi connectivity index (χ1) is 11.1. The smallest absolute Gasteiger partial charge is 0.253 e. The van der Waals surface area contributed by atoms with Gasteiger partial charge in [-0.05, 0) is 49.9 Å². The minimum atomic E-state index is 0.0284. The minimum absolute atomic E-state index is 0.0284. The van der Waals surface area contributed by atoms with E-state index < -0.39 is 0 Å². The number of hydrogen-bond donors (Lipinski definition) is 0. The SMILES string of the molecule is CC(=O)N1CCN(C(=O)c2ccc(OC3CCCC3)cc2)CC1. The summed E-state index contributed by atoms with van der Waals surface area (Å²) in [6.45, 7) is 3.99. The lowest BCUT2D eigenvalue weighted by molar-refractivity contribution is -0.130. The lowest BCUT2D eigenvalue weighted by Gasteiger charge is -2.34. The van der Waals surface area contributed by atoms with E-state index in [1.54, 1.807) is 11.8 Å². The highest BCUT2D eigenvalue weighted by Gasteiger charge is 2.23. The van der Waals surface area contributed by atoms with E-state index in [9.17, 15) is 9.59 Å². The van der Waals surface area contributed by atoms with Crippen molar-refractivity contribution in [3.8, 4) is 5.75 Å². The second-order valence-electron chi connectivity index (χ2n) is 6.35. The van der Waals surface area contributed by atoms with Crippen molar-refractivity contribution in [1.82, 2.24) is 9.80 Å². The number of amides is 2. The van der Waals surface area contributed by atoms with E-state index in [2.05, 4.69) is 0 Å². The Morgan fingerprint density at radius 3 is 2.09 bits per heavy atom. The largest absolute Gasteiger partial charge is 0.490 e. The van der Waals surface area contributed by atoms with Gasteiger partial charge in [0.15, 0.2) is 0 Å². The number of ether oxygens (including phenoxy) is 1. The zero-order valence-corrected chi connectivity index (χ0v) is 13.7. The third-order valence-electron chi connectivity index (χ3n) is 4.72. The van der Waals surface area contributed by atoms with Gasteiger partial charge in [0, 0.05) is 38.7 Å². The van der Waals surface area contributed by atoms with Gasteiger partial charge in [0.25, 0.3) is 5.91 Å². The van der Waals surface area contributed by atoms with Gasteiger partial charge in [0.1, 0.15) is 5.75 Å². The summed E-state index contributed by atoms with van der Waals surface area (Å²) in [5, 5.41) is 0. The van der Waals surface area contributed by atoms with Gasteiger partial charge in [0.2, 0.25) is 5.91 Å². The predicted octanol–water partition coefficient (Wildman–Crippen LogP) is 2.31. The van der Waals surface area contributed by atoms with Crippen LogP contribution in [0.1, 0.15) is 43.0 Å². The molecule has 0 spiro atoms. The standard InChI is InChI=1S/C18H24N2O3/c1-14(21)19-10-12-20(13-11-19)18(22)15-6-8-17(9-7-15)23-16-4-2-3-5-16/h6-9,16H,2-5,10-13H2,1H3. The Bertz CT molecular complexity index is 556. The van der Waals surface area contributed by atoms with Crippen LogP contribution >= 0.6 is 0 Å². The summed E-state index contributed by atoms with van der Waals surface area (Å²) in [6, 6.07) is 7.45. The van der Waals surface area contributed by atoms with Crippen LogP contribution in [0.5, 0.6) is 5.75 Å². The van der Waals surface area contributed by atoms with Crippen molar-refractivity contribution in [1.29, 1.82) is 0 Å². The lowest BCUT2D eigenvalue weighted by atomic mass is 10.1. The van der Waals surface area contributed by atoms with E-state index in [1.165, 1.54) is 12.8 Å². The van der Waals surface area contributed by atoms with Gasteiger partial charge in [-0.2, -0.15) is 0 Å². The summed E-state index contributed by atoms with van der Waals surface area (Å²) in [6.07, 6.45) is 5.07. The maximum Gasteiger partial charge on any atom is 0.253 e. The minimum Gasteiger partial charge on any atom is -0.490 e. The molecule has 0 bridgehead atoms. The molecule has 23 heavy (non-hydrogen) atoms. The first kappa shape index (κ1) is 15.8. The first-order valence-electron chi connectivity index (χ1n) is 8.45. The topological polar surface area (TPSA) is 49.9 Å². The van der Waals surface area contributed by atoms with E-state index in [0.717, 1.165) is 18.6 Å². The summed E-state index contributed by atoms with van der Waals surface area (Å²) in [5.41, 5.74) is 0.681. The molecule has 0 aromatic heterocycles. The molecule has 1 aromatic carbocycles. The maximum atomic E-state index is 12.5. The first-order valence-corrected chi connectivity index (χ1v) is 8.45. The van der Waals surface area contributed by atoms with Crippen molar-refractivity contribution in [2.75, 3.05) is 26.2 Å². The number of piperazine rings is 1. The zero-order valence-electron chi connectivity index (χ0n) is 13.7. The maximum absolute atomic E-state index is 12.5. The molecule has 1 heterocycles. The normalized spacial score (nSPS) is 19.0. The molecule has 1 saturated carbocycles. The molecule has 1 saturated heterocycles. The van der Waals surface area contributed by atoms with Crippen molar-refractivity contribution < 1.29 is 14.3 Å². The number of carbonyl (C=O) groups excluding carboxylic acids is 2. The Kier molecular flexibility index (Phi) is 4.84. The summed E-state index contributed by atoms with van der Waals surface area (Å²) < 4.78 is 5.93. The van der Waals surface area contributed by atoms with Crippen molar-refractivity contribution >= 4 is 11.8 Å². The van der Waals surface area contributed by atoms with E-state index in [0.29, 0.717) is 37.8 Å². The van der Waals surface area contributed by atoms with Crippen LogP contribution < -0.4 is 4.74 Å². The highest BCUT2D eigenvalue weighted by Crippen LogP contribution is 2.24. The molecule has 1 aromatic rings. The van der Waals surface area contributed by atoms with Crippen molar-refractivity contribution in [3.05, 3.63) is 29.8 Å². The van der Waals surface area contributed by atoms with Crippen LogP contribution in [0.3, 0.4) is 0 Å². The molecule has 0 radical (unpaired) electrons. The Balaban J connectivity index is 1.56. The van der Waals surface area contributed by atoms with Crippen LogP contribution in [0.4, 0.5) is 0 Å². The number of rotatable bonds is 3. The molecule has 3 rings (SSSR count). The van der Waals surface area contributed by atoms with Gasteiger partial charge in [-0.25, -0.2) is 0 Å². The van der Waals surface area contributed by atoms with Crippen LogP contribution in [0.15, 0.2) is 24.3 Å². The number of nitrogens with zero attached hydrogens (tertiary/aromatic N) is 2. The molecule has 2 fully saturated rings. The summed E-state index contributed by atoms with van der Waals surface area (Å²) in [4.78, 5) is 27.4. The van der Waals surface area contributed by atoms with Crippen LogP contribution in [-0.2, 0) is 4.79 Å². The number of benzene rings is 1. The third kappa shape index (κ3) is 3.84. The second kappa shape index (κ2) is 7.02. The van der Waals surface area contributed by atoms with E-state index in [-0.39, 0.29) is 11.8 Å². The molecule has 1 aliphatic heterocycles. The van der Waals surface area contributed by atoms with Gasteiger partial charge >= 0.3 is 0 Å². The van der Waals surface area contributed by atoms with Gasteiger partial charge < -0.3 is 14.5 Å². The average Bonchev–Trinajstić information content (AvgIpc) is 3.08. The van der Waals surface area contributed by atoms with Crippen molar-refractivity contribution in [2.45, 2.75) is 38.7 Å². The fourth-order valence-electron chi connectivity index (χ4n) is 3.28. The lowest BCUT2D eigenvalue weighted by Crippen LogP contribution is -2.50. The molecular weight excluding hydrogens is 292 g/mol. The zero-order chi connectivity index (χ0) is 16.2. The van der Waals surface area contributed by atoms with Crippen LogP contribution in [-0.4, -0.2) is 53.9 Å². The summed E-state index contributed by atoms with van der Waals surface area (Å²) >= 11 is 0. The number of hydrogen-bond acceptors (Lipinski definition) is 3. The van der Waals surface area contributed by atoms with Gasteiger partial charge in [-0.15, -0.1) is 0 Å². The van der Waals surface area contributed by atoms with Crippen LogP contribution in [0, 0.1) is 0 Å². The molecule has 0 atom stereocenters. The summed E-state index contributed by atoms with van der Waals surface area (Å²) in [7, 11) is 0. The average molecular weight is 316 g/mol. The van der Waals surface area contributed by atoms with Gasteiger partial charge in [-0.1, -0.05) is 0 Å². The van der Waals surface area contributed by atoms with Crippen LogP contribution in [0.2, 0.25) is 0 Å². The molecular formula is C18H24N2O3. The number of carbonyl (C=O) groups is 2. The molecule has 2 amide bonds. The second-order valence-corrected chi connectivity index (χ2v) is 6.35. The quantitative estimate of drug-likeness (QED) is 0.860. The Hall–Kier alpha value is -2.04. The Labute approximate surface area is 137 Å². The molecule has 0 N–H and O–H groups in total. The van der Waals surface area contributed by atoms with E-state index in [1.807, 2.05) is 29.2 Å². The molecule has 5 heteroatoms. The van der Waals surface area contributed by atoms with Crippen molar-refractivity contribution in [2.24, 2.45) is 0 Å². The molecule has 1 aliphatic carbocycles. The molecule has 124 valence electrons. The predicted molar refractivity (Wildman–Crippen MR) is 87.5 cm³/mol. The molecule has 0 unspecified atom stereocenters. The highest BCUT2D eigenvalue weighted by molar-refractivity contribution is 5.94.